The molecule has 0 amide bonds. The van der Waals surface area contributed by atoms with E-state index in [4.69, 9.17) is 0 Å². The molecule has 0 N–H and O–H groups in total. The predicted octanol–water partition coefficient (Wildman–Crippen LogP) is 6.26. The number of hydrogen-bond acceptors (Lipinski definition) is 0. The van der Waals surface area contributed by atoms with Crippen molar-refractivity contribution < 1.29 is 0 Å². The number of benzene rings is 2. The van der Waals surface area contributed by atoms with E-state index < -0.39 is 0 Å². The first-order valence-electron chi connectivity index (χ1n) is 7.76. The summed E-state index contributed by atoms with van der Waals surface area (Å²) in [7, 11) is 0. The number of rotatable bonds is 4. The van der Waals surface area contributed by atoms with Crippen molar-refractivity contribution in [3.8, 4) is 0 Å². The first-order valence-corrected chi connectivity index (χ1v) is 8.55. The van der Waals surface area contributed by atoms with Gasteiger partial charge in [0.15, 0.2) is 0 Å². The minimum atomic E-state index is 0.410. The Kier molecular flexibility index (Phi) is 4.30. The van der Waals surface area contributed by atoms with Crippen molar-refractivity contribution in [2.75, 3.05) is 0 Å². The zero-order chi connectivity index (χ0) is 14.8. The summed E-state index contributed by atoms with van der Waals surface area (Å²) in [5, 5.41) is 0. The number of unbranched alkanes of at least 4 members (excludes halogenated alkanes) is 1. The lowest BCUT2D eigenvalue weighted by molar-refractivity contribution is 0.794. The van der Waals surface area contributed by atoms with Gasteiger partial charge in [0.25, 0.3) is 0 Å². The Bertz CT molecular complexity index is 665. The minimum Gasteiger partial charge on any atom is -0.0720 e. The molecule has 21 heavy (non-hydrogen) atoms. The zero-order valence-corrected chi connectivity index (χ0v) is 14.3. The van der Waals surface area contributed by atoms with Crippen LogP contribution in [0.25, 0.3) is 6.08 Å². The highest BCUT2D eigenvalue weighted by Gasteiger charge is 2.21. The van der Waals surface area contributed by atoms with Gasteiger partial charge in [-0.15, -0.1) is 0 Å². The molecule has 0 nitrogen and oxygen atoms in total. The second-order valence-electron chi connectivity index (χ2n) is 5.91. The van der Waals surface area contributed by atoms with Crippen LogP contribution >= 0.6 is 15.9 Å². The Balaban J connectivity index is 1.89. The van der Waals surface area contributed by atoms with Crippen LogP contribution in [-0.2, 0) is 6.42 Å². The van der Waals surface area contributed by atoms with Crippen LogP contribution in [0.5, 0.6) is 0 Å². The third-order valence-electron chi connectivity index (χ3n) is 4.32. The summed E-state index contributed by atoms with van der Waals surface area (Å²) < 4.78 is 1.17. The van der Waals surface area contributed by atoms with E-state index in [0.717, 1.165) is 0 Å². The molecule has 108 valence electrons. The van der Waals surface area contributed by atoms with Crippen molar-refractivity contribution in [1.82, 2.24) is 0 Å². The number of hydrogen-bond donors (Lipinski definition) is 0. The fraction of sp³-hybridized carbons (Fsp3) is 0.300. The van der Waals surface area contributed by atoms with Gasteiger partial charge in [-0.05, 0) is 59.7 Å². The molecule has 2 aromatic rings. The summed E-state index contributed by atoms with van der Waals surface area (Å²) >= 11 is 3.59. The average molecular weight is 341 g/mol. The summed E-state index contributed by atoms with van der Waals surface area (Å²) in [6.07, 6.45) is 8.31. The number of halogens is 1. The van der Waals surface area contributed by atoms with Crippen molar-refractivity contribution in [3.63, 3.8) is 0 Å². The Morgan fingerprint density at radius 3 is 2.57 bits per heavy atom. The molecule has 1 aliphatic rings. The number of aryl methyl sites for hydroxylation is 2. The molecular weight excluding hydrogens is 320 g/mol. The molecule has 0 radical (unpaired) electrons. The smallest absolute Gasteiger partial charge is 0.0281 e. The minimum absolute atomic E-state index is 0.410. The van der Waals surface area contributed by atoms with Gasteiger partial charge in [0.1, 0.15) is 0 Å². The van der Waals surface area contributed by atoms with Crippen LogP contribution in [0.1, 0.15) is 53.5 Å². The van der Waals surface area contributed by atoms with Gasteiger partial charge in [0.2, 0.25) is 0 Å². The van der Waals surface area contributed by atoms with E-state index in [9.17, 15) is 0 Å². The van der Waals surface area contributed by atoms with E-state index in [1.54, 1.807) is 0 Å². The van der Waals surface area contributed by atoms with Crippen LogP contribution in [0.4, 0.5) is 0 Å². The maximum atomic E-state index is 3.59. The standard InChI is InChI=1S/C20H21Br/c1-3-4-5-15-6-8-16(9-7-15)19-11-10-17-13-18(21)12-14(2)20(17)19/h6-13,19H,3-5H2,1-2H3. The predicted molar refractivity (Wildman–Crippen MR) is 94.8 cm³/mol. The van der Waals surface area contributed by atoms with Crippen LogP contribution < -0.4 is 0 Å². The maximum Gasteiger partial charge on any atom is 0.0281 e. The van der Waals surface area contributed by atoms with E-state index in [2.05, 4.69) is 78.3 Å². The molecule has 0 bridgehead atoms. The highest BCUT2D eigenvalue weighted by molar-refractivity contribution is 9.10. The molecule has 0 saturated heterocycles. The van der Waals surface area contributed by atoms with Crippen molar-refractivity contribution in [3.05, 3.63) is 74.8 Å². The highest BCUT2D eigenvalue weighted by atomic mass is 79.9. The molecule has 1 heteroatoms. The Morgan fingerprint density at radius 2 is 1.86 bits per heavy atom. The SMILES string of the molecule is CCCCc1ccc(C2C=Cc3cc(Br)cc(C)c32)cc1. The van der Waals surface area contributed by atoms with Crippen molar-refractivity contribution in [1.29, 1.82) is 0 Å². The molecule has 3 rings (SSSR count). The fourth-order valence-corrected chi connectivity index (χ4v) is 3.78. The number of allylic oxidation sites excluding steroid dienone is 1. The topological polar surface area (TPSA) is 0 Å². The van der Waals surface area contributed by atoms with Gasteiger partial charge in [0.05, 0.1) is 0 Å². The molecule has 0 spiro atoms. The number of fused-ring (bicyclic) bond motifs is 1. The van der Waals surface area contributed by atoms with E-state index in [0.29, 0.717) is 5.92 Å². The molecule has 0 aromatic heterocycles. The molecule has 0 aliphatic heterocycles. The molecule has 0 saturated carbocycles. The Labute approximate surface area is 136 Å². The third kappa shape index (κ3) is 2.98. The van der Waals surface area contributed by atoms with Crippen LogP contribution in [-0.4, -0.2) is 0 Å². The van der Waals surface area contributed by atoms with Crippen LogP contribution in [0, 0.1) is 6.92 Å². The van der Waals surface area contributed by atoms with Crippen molar-refractivity contribution >= 4 is 22.0 Å². The quantitative estimate of drug-likeness (QED) is 0.616. The van der Waals surface area contributed by atoms with Crippen LogP contribution in [0.2, 0.25) is 0 Å². The van der Waals surface area contributed by atoms with Gasteiger partial charge >= 0.3 is 0 Å². The molecule has 2 aromatic carbocycles. The van der Waals surface area contributed by atoms with E-state index >= 15 is 0 Å². The van der Waals surface area contributed by atoms with Gasteiger partial charge in [0, 0.05) is 10.4 Å². The second kappa shape index (κ2) is 6.19. The van der Waals surface area contributed by atoms with Crippen LogP contribution in [0.3, 0.4) is 0 Å². The van der Waals surface area contributed by atoms with E-state index in [1.165, 1.54) is 51.6 Å². The molecule has 1 atom stereocenters. The summed E-state index contributed by atoms with van der Waals surface area (Å²) in [5.74, 6) is 0.410. The van der Waals surface area contributed by atoms with Gasteiger partial charge in [-0.1, -0.05) is 65.7 Å². The van der Waals surface area contributed by atoms with E-state index in [1.807, 2.05) is 0 Å². The van der Waals surface area contributed by atoms with Gasteiger partial charge in [-0.25, -0.2) is 0 Å². The molecule has 0 fully saturated rings. The first kappa shape index (κ1) is 14.6. The maximum absolute atomic E-state index is 3.59. The largest absolute Gasteiger partial charge is 0.0720 e. The van der Waals surface area contributed by atoms with Gasteiger partial charge in [-0.3, -0.25) is 0 Å². The summed E-state index contributed by atoms with van der Waals surface area (Å²) in [5.41, 5.74) is 7.02. The zero-order valence-electron chi connectivity index (χ0n) is 12.7. The molecule has 0 heterocycles. The monoisotopic (exact) mass is 340 g/mol. The normalized spacial score (nSPS) is 16.2. The summed E-state index contributed by atoms with van der Waals surface area (Å²) in [4.78, 5) is 0. The van der Waals surface area contributed by atoms with E-state index in [-0.39, 0.29) is 0 Å². The lowest BCUT2D eigenvalue weighted by Crippen LogP contribution is -1.99. The van der Waals surface area contributed by atoms with Gasteiger partial charge < -0.3 is 0 Å². The summed E-state index contributed by atoms with van der Waals surface area (Å²) in [6.45, 7) is 4.45. The van der Waals surface area contributed by atoms with Crippen molar-refractivity contribution in [2.24, 2.45) is 0 Å². The average Bonchev–Trinajstić information content (AvgIpc) is 2.89. The Morgan fingerprint density at radius 1 is 1.10 bits per heavy atom. The van der Waals surface area contributed by atoms with Crippen LogP contribution in [0.15, 0.2) is 46.9 Å². The van der Waals surface area contributed by atoms with Crippen molar-refractivity contribution in [2.45, 2.75) is 39.0 Å². The third-order valence-corrected chi connectivity index (χ3v) is 4.78. The lowest BCUT2D eigenvalue weighted by Gasteiger charge is -2.15. The second-order valence-corrected chi connectivity index (χ2v) is 6.82. The van der Waals surface area contributed by atoms with Gasteiger partial charge in [-0.2, -0.15) is 0 Å². The fourth-order valence-electron chi connectivity index (χ4n) is 3.19. The first-order chi connectivity index (χ1) is 10.2. The molecule has 1 unspecified atom stereocenters. The lowest BCUT2D eigenvalue weighted by atomic mass is 9.89. The summed E-state index contributed by atoms with van der Waals surface area (Å²) in [6, 6.07) is 13.6. The molecule has 1 aliphatic carbocycles. The molecular formula is C20H21Br. The highest BCUT2D eigenvalue weighted by Crippen LogP contribution is 2.39. The Hall–Kier alpha value is -1.34.